The molecular formula is C13H22N2O3S. The van der Waals surface area contributed by atoms with Gasteiger partial charge in [0.2, 0.25) is 10.0 Å². The minimum absolute atomic E-state index is 0.0357. The molecule has 0 heterocycles. The van der Waals surface area contributed by atoms with Gasteiger partial charge in [0.1, 0.15) is 5.75 Å². The Balaban J connectivity index is 2.59. The van der Waals surface area contributed by atoms with Gasteiger partial charge >= 0.3 is 0 Å². The van der Waals surface area contributed by atoms with Gasteiger partial charge < -0.3 is 10.1 Å². The fraction of sp³-hybridized carbons (Fsp3) is 0.538. The lowest BCUT2D eigenvalue weighted by Gasteiger charge is -2.18. The van der Waals surface area contributed by atoms with Crippen molar-refractivity contribution < 1.29 is 13.2 Å². The molecule has 0 amide bonds. The fourth-order valence-electron chi connectivity index (χ4n) is 1.72. The molecule has 0 aromatic heterocycles. The van der Waals surface area contributed by atoms with Crippen LogP contribution in [0.3, 0.4) is 0 Å². The van der Waals surface area contributed by atoms with Gasteiger partial charge in [-0.2, -0.15) is 0 Å². The maximum absolute atomic E-state index is 11.6. The summed E-state index contributed by atoms with van der Waals surface area (Å²) in [5.41, 5.74) is 1.02. The van der Waals surface area contributed by atoms with Crippen LogP contribution in [0.1, 0.15) is 18.5 Å². The third-order valence-electron chi connectivity index (χ3n) is 2.97. The predicted molar refractivity (Wildman–Crippen MR) is 76.9 cm³/mol. The van der Waals surface area contributed by atoms with Gasteiger partial charge in [-0.25, -0.2) is 12.7 Å². The molecule has 0 aliphatic rings. The monoisotopic (exact) mass is 286 g/mol. The first kappa shape index (κ1) is 15.9. The van der Waals surface area contributed by atoms with Crippen molar-refractivity contribution >= 4 is 10.0 Å². The number of nitrogens with one attached hydrogen (secondary N) is 1. The number of nitrogens with zero attached hydrogens (tertiary/aromatic N) is 1. The van der Waals surface area contributed by atoms with Crippen LogP contribution in [0.25, 0.3) is 0 Å². The third kappa shape index (κ3) is 4.49. The van der Waals surface area contributed by atoms with Crippen LogP contribution < -0.4 is 10.1 Å². The van der Waals surface area contributed by atoms with E-state index in [4.69, 9.17) is 4.74 Å². The second-order valence-electron chi connectivity index (χ2n) is 4.52. The van der Waals surface area contributed by atoms with Gasteiger partial charge in [0.25, 0.3) is 0 Å². The van der Waals surface area contributed by atoms with E-state index in [1.54, 1.807) is 21.2 Å². The maximum atomic E-state index is 11.6. The third-order valence-corrected chi connectivity index (χ3v) is 4.81. The molecule has 0 saturated heterocycles. The lowest BCUT2D eigenvalue weighted by Crippen LogP contribution is -2.32. The summed E-state index contributed by atoms with van der Waals surface area (Å²) in [5.74, 6) is 0.886. The van der Waals surface area contributed by atoms with Crippen LogP contribution in [0.15, 0.2) is 24.3 Å². The molecule has 108 valence electrons. The largest absolute Gasteiger partial charge is 0.496 e. The predicted octanol–water partition coefficient (Wildman–Crippen LogP) is 1.24. The van der Waals surface area contributed by atoms with Crippen LogP contribution >= 0.6 is 0 Å². The average Bonchev–Trinajstić information content (AvgIpc) is 2.38. The van der Waals surface area contributed by atoms with Crippen LogP contribution in [-0.2, 0) is 10.0 Å². The normalized spacial score (nSPS) is 13.5. The van der Waals surface area contributed by atoms with E-state index in [0.29, 0.717) is 6.54 Å². The number of hydrogen-bond donors (Lipinski definition) is 1. The van der Waals surface area contributed by atoms with Crippen LogP contribution in [-0.4, -0.2) is 46.2 Å². The number of para-hydroxylation sites is 1. The number of rotatable bonds is 7. The highest BCUT2D eigenvalue weighted by Gasteiger charge is 2.15. The summed E-state index contributed by atoms with van der Waals surface area (Å²) in [6.45, 7) is 2.39. The number of benzene rings is 1. The highest BCUT2D eigenvalue weighted by molar-refractivity contribution is 7.89. The Morgan fingerprint density at radius 1 is 1.32 bits per heavy atom. The van der Waals surface area contributed by atoms with Crippen molar-refractivity contribution in [1.82, 2.24) is 9.62 Å². The minimum Gasteiger partial charge on any atom is -0.496 e. The van der Waals surface area contributed by atoms with Crippen LogP contribution in [0.4, 0.5) is 0 Å². The highest BCUT2D eigenvalue weighted by Crippen LogP contribution is 2.23. The average molecular weight is 286 g/mol. The highest BCUT2D eigenvalue weighted by atomic mass is 32.2. The maximum Gasteiger partial charge on any atom is 0.214 e. The van der Waals surface area contributed by atoms with Crippen LogP contribution in [0.2, 0.25) is 0 Å². The second kappa shape index (κ2) is 6.88. The summed E-state index contributed by atoms with van der Waals surface area (Å²) in [6.07, 6.45) is 0. The summed E-state index contributed by atoms with van der Waals surface area (Å²) in [5, 5.41) is 3.20. The molecule has 1 aromatic carbocycles. The summed E-state index contributed by atoms with van der Waals surface area (Å²) in [7, 11) is 1.56. The number of ether oxygens (including phenoxy) is 1. The molecule has 19 heavy (non-hydrogen) atoms. The molecule has 1 N–H and O–H groups in total. The molecule has 6 heteroatoms. The Kier molecular flexibility index (Phi) is 5.78. The Bertz CT molecular complexity index is 500. The van der Waals surface area contributed by atoms with E-state index in [-0.39, 0.29) is 11.8 Å². The van der Waals surface area contributed by atoms with E-state index in [2.05, 4.69) is 5.32 Å². The zero-order chi connectivity index (χ0) is 14.5. The van der Waals surface area contributed by atoms with E-state index in [1.165, 1.54) is 4.31 Å². The summed E-state index contributed by atoms with van der Waals surface area (Å²) < 4.78 is 29.8. The Hall–Kier alpha value is -1.11. The molecule has 0 aliphatic carbocycles. The number of methoxy groups -OCH3 is 1. The van der Waals surface area contributed by atoms with Crippen LogP contribution in [0.5, 0.6) is 5.75 Å². The molecule has 0 saturated carbocycles. The Morgan fingerprint density at radius 2 is 1.95 bits per heavy atom. The standard InChI is InChI=1S/C13H22N2O3S/c1-11(12-7-5-6-8-13(12)18-4)14-9-10-19(16,17)15(2)3/h5-8,11,14H,9-10H2,1-4H3. The molecule has 1 rings (SSSR count). The lowest BCUT2D eigenvalue weighted by molar-refractivity contribution is 0.402. The summed E-state index contributed by atoms with van der Waals surface area (Å²) in [6, 6.07) is 7.74. The van der Waals surface area contributed by atoms with E-state index < -0.39 is 10.0 Å². The number of sulfonamides is 1. The van der Waals surface area contributed by atoms with Gasteiger partial charge in [-0.15, -0.1) is 0 Å². The molecule has 5 nitrogen and oxygen atoms in total. The number of hydrogen-bond acceptors (Lipinski definition) is 4. The first-order chi connectivity index (χ1) is 8.88. The summed E-state index contributed by atoms with van der Waals surface area (Å²) in [4.78, 5) is 0. The summed E-state index contributed by atoms with van der Waals surface area (Å²) >= 11 is 0. The van der Waals surface area contributed by atoms with E-state index in [0.717, 1.165) is 11.3 Å². The van der Waals surface area contributed by atoms with E-state index in [9.17, 15) is 8.42 Å². The fourth-order valence-corrected chi connectivity index (χ4v) is 2.46. The van der Waals surface area contributed by atoms with Crippen molar-refractivity contribution in [1.29, 1.82) is 0 Å². The topological polar surface area (TPSA) is 58.6 Å². The van der Waals surface area contributed by atoms with Crippen molar-refractivity contribution in [2.45, 2.75) is 13.0 Å². The molecule has 0 fully saturated rings. The molecule has 0 bridgehead atoms. The molecule has 0 radical (unpaired) electrons. The first-order valence-corrected chi connectivity index (χ1v) is 7.76. The van der Waals surface area contributed by atoms with Crippen molar-refractivity contribution in [3.05, 3.63) is 29.8 Å². The molecule has 1 atom stereocenters. The van der Waals surface area contributed by atoms with Gasteiger partial charge in [-0.1, -0.05) is 18.2 Å². The quantitative estimate of drug-likeness (QED) is 0.819. The first-order valence-electron chi connectivity index (χ1n) is 6.15. The van der Waals surface area contributed by atoms with E-state index in [1.807, 2.05) is 31.2 Å². The molecule has 0 aliphatic heterocycles. The second-order valence-corrected chi connectivity index (χ2v) is 6.82. The van der Waals surface area contributed by atoms with Gasteiger partial charge in [-0.05, 0) is 13.0 Å². The Labute approximate surface area is 115 Å². The van der Waals surface area contributed by atoms with Crippen molar-refractivity contribution in [2.75, 3.05) is 33.5 Å². The van der Waals surface area contributed by atoms with Crippen molar-refractivity contribution in [3.63, 3.8) is 0 Å². The SMILES string of the molecule is COc1ccccc1C(C)NCCS(=O)(=O)N(C)C. The molecule has 0 spiro atoms. The van der Waals surface area contributed by atoms with Gasteiger partial charge in [-0.3, -0.25) is 0 Å². The molecular weight excluding hydrogens is 264 g/mol. The zero-order valence-electron chi connectivity index (χ0n) is 11.9. The zero-order valence-corrected chi connectivity index (χ0v) is 12.7. The molecule has 1 unspecified atom stereocenters. The van der Waals surface area contributed by atoms with Gasteiger partial charge in [0, 0.05) is 32.2 Å². The Morgan fingerprint density at radius 3 is 2.53 bits per heavy atom. The minimum atomic E-state index is -3.15. The van der Waals surface area contributed by atoms with Gasteiger partial charge in [0.05, 0.1) is 12.9 Å². The van der Waals surface area contributed by atoms with E-state index >= 15 is 0 Å². The van der Waals surface area contributed by atoms with Gasteiger partial charge in [0.15, 0.2) is 0 Å². The lowest BCUT2D eigenvalue weighted by atomic mass is 10.1. The van der Waals surface area contributed by atoms with Crippen molar-refractivity contribution in [2.24, 2.45) is 0 Å². The van der Waals surface area contributed by atoms with Crippen LogP contribution in [0, 0.1) is 0 Å². The smallest absolute Gasteiger partial charge is 0.214 e. The molecule has 1 aromatic rings. The van der Waals surface area contributed by atoms with Crippen molar-refractivity contribution in [3.8, 4) is 5.75 Å².